The molecular weight excluding hydrogens is 278 g/mol. The fourth-order valence-electron chi connectivity index (χ4n) is 2.15. The molecule has 7 heteroatoms. The molecule has 1 aromatic heterocycles. The lowest BCUT2D eigenvalue weighted by Gasteiger charge is -2.21. The van der Waals surface area contributed by atoms with E-state index < -0.39 is 11.6 Å². The van der Waals surface area contributed by atoms with Crippen molar-refractivity contribution in [3.8, 4) is 0 Å². The second-order valence-electron chi connectivity index (χ2n) is 5.14. The van der Waals surface area contributed by atoms with Gasteiger partial charge in [-0.3, -0.25) is 9.89 Å². The topological polar surface area (TPSA) is 61.9 Å². The standard InChI is InChI=1S/C14H14F2N4O/c1-8-17-13(19-18-8)14(21)20(11-4-5-11)7-9-2-3-10(15)6-12(9)16/h2-3,6,11H,4-5,7H2,1H3,(H,17,18,19). The summed E-state index contributed by atoms with van der Waals surface area (Å²) in [4.78, 5) is 18.0. The van der Waals surface area contributed by atoms with Gasteiger partial charge in [-0.2, -0.15) is 0 Å². The first-order valence-electron chi connectivity index (χ1n) is 6.68. The number of amides is 1. The maximum Gasteiger partial charge on any atom is 0.294 e. The van der Waals surface area contributed by atoms with Gasteiger partial charge in [0, 0.05) is 24.2 Å². The zero-order chi connectivity index (χ0) is 15.0. The minimum atomic E-state index is -0.653. The van der Waals surface area contributed by atoms with E-state index in [0.29, 0.717) is 5.82 Å². The van der Waals surface area contributed by atoms with Crippen molar-refractivity contribution in [3.63, 3.8) is 0 Å². The molecule has 1 heterocycles. The molecule has 21 heavy (non-hydrogen) atoms. The van der Waals surface area contributed by atoms with E-state index in [2.05, 4.69) is 15.2 Å². The second kappa shape index (κ2) is 5.23. The van der Waals surface area contributed by atoms with Crippen LogP contribution in [0, 0.1) is 18.6 Å². The van der Waals surface area contributed by atoms with Crippen molar-refractivity contribution >= 4 is 5.91 Å². The Balaban J connectivity index is 1.83. The van der Waals surface area contributed by atoms with Crippen LogP contribution in [0.25, 0.3) is 0 Å². The summed E-state index contributed by atoms with van der Waals surface area (Å²) in [5.41, 5.74) is 0.281. The van der Waals surface area contributed by atoms with Crippen molar-refractivity contribution in [3.05, 3.63) is 47.0 Å². The van der Waals surface area contributed by atoms with Crippen LogP contribution in [0.1, 0.15) is 34.8 Å². The summed E-state index contributed by atoms with van der Waals surface area (Å²) >= 11 is 0. The minimum absolute atomic E-state index is 0.0701. The van der Waals surface area contributed by atoms with Crippen molar-refractivity contribution in [1.29, 1.82) is 0 Å². The molecule has 0 spiro atoms. The quantitative estimate of drug-likeness (QED) is 0.939. The van der Waals surface area contributed by atoms with E-state index in [0.717, 1.165) is 18.9 Å². The molecule has 0 bridgehead atoms. The van der Waals surface area contributed by atoms with Gasteiger partial charge in [0.1, 0.15) is 17.5 Å². The Bertz CT molecular complexity index is 681. The largest absolute Gasteiger partial charge is 0.328 e. The summed E-state index contributed by atoms with van der Waals surface area (Å²) in [6.45, 7) is 1.79. The van der Waals surface area contributed by atoms with Crippen molar-refractivity contribution in [2.45, 2.75) is 32.4 Å². The Labute approximate surface area is 120 Å². The number of carbonyl (C=O) groups is 1. The van der Waals surface area contributed by atoms with Gasteiger partial charge in [-0.05, 0) is 25.8 Å². The van der Waals surface area contributed by atoms with Crippen molar-refractivity contribution in [2.24, 2.45) is 0 Å². The van der Waals surface area contributed by atoms with Crippen molar-refractivity contribution < 1.29 is 13.6 Å². The van der Waals surface area contributed by atoms with Crippen LogP contribution in [0.15, 0.2) is 18.2 Å². The Morgan fingerprint density at radius 2 is 2.19 bits per heavy atom. The van der Waals surface area contributed by atoms with E-state index in [1.165, 1.54) is 12.1 Å². The number of benzene rings is 1. The highest BCUT2D eigenvalue weighted by molar-refractivity contribution is 5.90. The van der Waals surface area contributed by atoms with Gasteiger partial charge in [-0.15, -0.1) is 5.10 Å². The number of aromatic nitrogens is 3. The van der Waals surface area contributed by atoms with E-state index in [9.17, 15) is 13.6 Å². The van der Waals surface area contributed by atoms with Crippen molar-refractivity contribution in [1.82, 2.24) is 20.1 Å². The highest BCUT2D eigenvalue weighted by Crippen LogP contribution is 2.29. The number of carbonyl (C=O) groups excluding carboxylic acids is 1. The first-order chi connectivity index (χ1) is 10.0. The molecule has 1 N–H and O–H groups in total. The molecule has 1 aliphatic carbocycles. The van der Waals surface area contributed by atoms with Crippen LogP contribution in [0.5, 0.6) is 0 Å². The normalized spacial score (nSPS) is 14.2. The third kappa shape index (κ3) is 2.91. The van der Waals surface area contributed by atoms with Gasteiger partial charge in [0.2, 0.25) is 5.82 Å². The zero-order valence-electron chi connectivity index (χ0n) is 11.4. The van der Waals surface area contributed by atoms with Crippen LogP contribution < -0.4 is 0 Å². The molecule has 1 amide bonds. The SMILES string of the molecule is Cc1nc(C(=O)N(Cc2ccc(F)cc2F)C2CC2)n[nH]1. The fraction of sp³-hybridized carbons (Fsp3) is 0.357. The van der Waals surface area contributed by atoms with Gasteiger partial charge in [-0.1, -0.05) is 6.07 Å². The molecule has 110 valence electrons. The molecule has 0 atom stereocenters. The average Bonchev–Trinajstić information content (AvgIpc) is 3.18. The smallest absolute Gasteiger partial charge is 0.294 e. The summed E-state index contributed by atoms with van der Waals surface area (Å²) in [5, 5.41) is 6.46. The van der Waals surface area contributed by atoms with Gasteiger partial charge in [0.15, 0.2) is 0 Å². The van der Waals surface area contributed by atoms with Crippen molar-refractivity contribution in [2.75, 3.05) is 0 Å². The zero-order valence-corrected chi connectivity index (χ0v) is 11.4. The summed E-state index contributed by atoms with van der Waals surface area (Å²) in [5.74, 6) is -1.01. The number of hydrogen-bond donors (Lipinski definition) is 1. The first-order valence-corrected chi connectivity index (χ1v) is 6.68. The molecule has 1 aliphatic rings. The molecule has 1 aromatic carbocycles. The third-order valence-corrected chi connectivity index (χ3v) is 3.39. The van der Waals surface area contributed by atoms with Crippen LogP contribution >= 0.6 is 0 Å². The third-order valence-electron chi connectivity index (χ3n) is 3.39. The number of aromatic amines is 1. The lowest BCUT2D eigenvalue weighted by Crippen LogP contribution is -2.33. The lowest BCUT2D eigenvalue weighted by molar-refractivity contribution is 0.0716. The van der Waals surface area contributed by atoms with Gasteiger partial charge >= 0.3 is 0 Å². The Morgan fingerprint density at radius 1 is 1.43 bits per heavy atom. The molecule has 1 saturated carbocycles. The summed E-state index contributed by atoms with van der Waals surface area (Å²) in [6.07, 6.45) is 1.75. The van der Waals surface area contributed by atoms with Crippen LogP contribution in [0.2, 0.25) is 0 Å². The Morgan fingerprint density at radius 3 is 2.76 bits per heavy atom. The first kappa shape index (κ1) is 13.7. The predicted octanol–water partition coefficient (Wildman–Crippen LogP) is 2.20. The highest BCUT2D eigenvalue weighted by Gasteiger charge is 2.35. The molecule has 0 aliphatic heterocycles. The number of nitrogens with one attached hydrogen (secondary N) is 1. The van der Waals surface area contributed by atoms with E-state index in [4.69, 9.17) is 0 Å². The van der Waals surface area contributed by atoms with Crippen LogP contribution in [-0.4, -0.2) is 32.0 Å². The Hall–Kier alpha value is -2.31. The molecule has 0 saturated heterocycles. The van der Waals surface area contributed by atoms with Gasteiger partial charge in [0.25, 0.3) is 5.91 Å². The second-order valence-corrected chi connectivity index (χ2v) is 5.14. The van der Waals surface area contributed by atoms with E-state index in [1.807, 2.05) is 0 Å². The van der Waals surface area contributed by atoms with Gasteiger partial charge in [0.05, 0.1) is 0 Å². The minimum Gasteiger partial charge on any atom is -0.328 e. The monoisotopic (exact) mass is 292 g/mol. The molecule has 3 rings (SSSR count). The number of halogens is 2. The molecular formula is C14H14F2N4O. The van der Waals surface area contributed by atoms with E-state index >= 15 is 0 Å². The summed E-state index contributed by atoms with van der Waals surface area (Å²) in [7, 11) is 0. The van der Waals surface area contributed by atoms with Crippen LogP contribution in [0.4, 0.5) is 8.78 Å². The number of hydrogen-bond acceptors (Lipinski definition) is 3. The maximum absolute atomic E-state index is 13.7. The Kier molecular flexibility index (Phi) is 3.40. The van der Waals surface area contributed by atoms with E-state index in [1.54, 1.807) is 11.8 Å². The number of rotatable bonds is 4. The molecule has 0 radical (unpaired) electrons. The molecule has 1 fully saturated rings. The van der Waals surface area contributed by atoms with Gasteiger partial charge in [-0.25, -0.2) is 13.8 Å². The summed E-state index contributed by atoms with van der Waals surface area (Å²) in [6, 6.07) is 3.43. The molecule has 2 aromatic rings. The number of H-pyrrole nitrogens is 1. The summed E-state index contributed by atoms with van der Waals surface area (Å²) < 4.78 is 26.7. The lowest BCUT2D eigenvalue weighted by atomic mass is 10.2. The fourth-order valence-corrected chi connectivity index (χ4v) is 2.15. The predicted molar refractivity (Wildman–Crippen MR) is 70.4 cm³/mol. The maximum atomic E-state index is 13.7. The number of aryl methyl sites for hydroxylation is 1. The molecule has 5 nitrogen and oxygen atoms in total. The molecule has 0 unspecified atom stereocenters. The van der Waals surface area contributed by atoms with Crippen LogP contribution in [0.3, 0.4) is 0 Å². The highest BCUT2D eigenvalue weighted by atomic mass is 19.1. The van der Waals surface area contributed by atoms with E-state index in [-0.39, 0.29) is 29.9 Å². The van der Waals surface area contributed by atoms with Gasteiger partial charge < -0.3 is 4.90 Å². The number of nitrogens with zero attached hydrogens (tertiary/aromatic N) is 3. The average molecular weight is 292 g/mol. The van der Waals surface area contributed by atoms with Crippen LogP contribution in [-0.2, 0) is 6.54 Å².